The topological polar surface area (TPSA) is 79.9 Å². The molecule has 2 aromatic carbocycles. The number of rotatable bonds is 7. The Labute approximate surface area is 164 Å². The van der Waals surface area contributed by atoms with Gasteiger partial charge in [-0.2, -0.15) is 0 Å². The largest absolute Gasteiger partial charge is 0.497 e. The van der Waals surface area contributed by atoms with Crippen LogP contribution in [-0.4, -0.2) is 44.7 Å². The van der Waals surface area contributed by atoms with Crippen LogP contribution in [0.25, 0.3) is 0 Å². The van der Waals surface area contributed by atoms with E-state index in [-0.39, 0.29) is 18.4 Å². The molecule has 148 valence electrons. The number of carbonyl (C=O) groups is 2. The zero-order valence-corrected chi connectivity index (χ0v) is 16.1. The zero-order chi connectivity index (χ0) is 19.9. The fraction of sp³-hybridized carbons (Fsp3) is 0.333. The van der Waals surface area contributed by atoms with Crippen molar-refractivity contribution < 1.29 is 19.1 Å². The van der Waals surface area contributed by atoms with Gasteiger partial charge in [0.05, 0.1) is 25.9 Å². The molecule has 2 N–H and O–H groups in total. The summed E-state index contributed by atoms with van der Waals surface area (Å²) in [6, 6.07) is 14.6. The van der Waals surface area contributed by atoms with Crippen LogP contribution in [0.5, 0.6) is 11.5 Å². The fourth-order valence-electron chi connectivity index (χ4n) is 3.03. The third-order valence-electron chi connectivity index (χ3n) is 4.39. The first kappa shape index (κ1) is 19.5. The summed E-state index contributed by atoms with van der Waals surface area (Å²) in [6.45, 7) is 3.00. The molecule has 0 bridgehead atoms. The van der Waals surface area contributed by atoms with E-state index in [4.69, 9.17) is 9.47 Å². The van der Waals surface area contributed by atoms with Crippen molar-refractivity contribution in [3.05, 3.63) is 48.5 Å². The molecule has 0 spiro atoms. The predicted molar refractivity (Wildman–Crippen MR) is 108 cm³/mol. The maximum absolute atomic E-state index is 12.6. The second-order valence-corrected chi connectivity index (χ2v) is 6.53. The number of hydrogen-bond acceptors (Lipinski definition) is 5. The van der Waals surface area contributed by atoms with Gasteiger partial charge in [0.25, 0.3) is 5.91 Å². The Balaban J connectivity index is 1.71. The third kappa shape index (κ3) is 4.73. The van der Waals surface area contributed by atoms with Crippen molar-refractivity contribution in [1.82, 2.24) is 5.32 Å². The number of carbonyl (C=O) groups excluding carboxylic acids is 2. The van der Waals surface area contributed by atoms with E-state index in [1.807, 2.05) is 48.2 Å². The van der Waals surface area contributed by atoms with E-state index in [9.17, 15) is 9.59 Å². The number of nitrogens with one attached hydrogen (secondary N) is 2. The molecule has 0 radical (unpaired) electrons. The number of benzene rings is 2. The highest BCUT2D eigenvalue weighted by Crippen LogP contribution is 2.33. The average molecular weight is 383 g/mol. The molecule has 0 saturated heterocycles. The molecule has 7 heteroatoms. The van der Waals surface area contributed by atoms with Crippen molar-refractivity contribution in [2.75, 3.05) is 37.0 Å². The van der Waals surface area contributed by atoms with E-state index in [2.05, 4.69) is 10.6 Å². The number of anilines is 2. The van der Waals surface area contributed by atoms with Crippen LogP contribution in [0, 0.1) is 0 Å². The number of fused-ring (bicyclic) bond motifs is 1. The van der Waals surface area contributed by atoms with Gasteiger partial charge >= 0.3 is 0 Å². The summed E-state index contributed by atoms with van der Waals surface area (Å²) in [6.07, 6.45) is 0.188. The molecule has 1 heterocycles. The van der Waals surface area contributed by atoms with Gasteiger partial charge in [0, 0.05) is 18.3 Å². The predicted octanol–water partition coefficient (Wildman–Crippen LogP) is 2.43. The van der Waals surface area contributed by atoms with Gasteiger partial charge in [0.2, 0.25) is 5.91 Å². The molecule has 0 saturated carbocycles. The van der Waals surface area contributed by atoms with Crippen LogP contribution >= 0.6 is 0 Å². The van der Waals surface area contributed by atoms with Crippen molar-refractivity contribution in [2.24, 2.45) is 0 Å². The second-order valence-electron chi connectivity index (χ2n) is 6.53. The Bertz CT molecular complexity index is 840. The Morgan fingerprint density at radius 1 is 1.21 bits per heavy atom. The first-order valence-electron chi connectivity index (χ1n) is 9.33. The van der Waals surface area contributed by atoms with Crippen LogP contribution in [0.3, 0.4) is 0 Å². The molecule has 2 aromatic rings. The average Bonchev–Trinajstić information content (AvgIpc) is 2.71. The molecule has 1 aliphatic heterocycles. The minimum atomic E-state index is -0.661. The first-order chi connectivity index (χ1) is 13.6. The minimum absolute atomic E-state index is 0.106. The SMILES string of the molecule is CCCNC(=O)C1CN(CC(=O)Nc2cccc(OC)c2)c2ccccc2O1. The van der Waals surface area contributed by atoms with Crippen LogP contribution in [0.15, 0.2) is 48.5 Å². The number of methoxy groups -OCH3 is 1. The molecule has 3 rings (SSSR count). The number of hydrogen-bond donors (Lipinski definition) is 2. The maximum Gasteiger partial charge on any atom is 0.262 e. The van der Waals surface area contributed by atoms with Crippen LogP contribution in [-0.2, 0) is 9.59 Å². The Morgan fingerprint density at radius 2 is 2.04 bits per heavy atom. The molecular formula is C21H25N3O4. The summed E-state index contributed by atoms with van der Waals surface area (Å²) in [4.78, 5) is 26.9. The van der Waals surface area contributed by atoms with E-state index in [1.165, 1.54) is 0 Å². The van der Waals surface area contributed by atoms with Crippen LogP contribution in [0.1, 0.15) is 13.3 Å². The van der Waals surface area contributed by atoms with Crippen LogP contribution in [0.2, 0.25) is 0 Å². The van der Waals surface area contributed by atoms with E-state index >= 15 is 0 Å². The van der Waals surface area contributed by atoms with E-state index in [0.29, 0.717) is 30.3 Å². The highest BCUT2D eigenvalue weighted by atomic mass is 16.5. The molecule has 0 aromatic heterocycles. The lowest BCUT2D eigenvalue weighted by atomic mass is 10.1. The molecular weight excluding hydrogens is 358 g/mol. The summed E-state index contributed by atoms with van der Waals surface area (Å²) in [5.41, 5.74) is 1.45. The van der Waals surface area contributed by atoms with Gasteiger partial charge < -0.3 is 25.0 Å². The van der Waals surface area contributed by atoms with Gasteiger partial charge in [-0.05, 0) is 30.7 Å². The van der Waals surface area contributed by atoms with Gasteiger partial charge in [-0.15, -0.1) is 0 Å². The van der Waals surface area contributed by atoms with Gasteiger partial charge in [-0.25, -0.2) is 0 Å². The molecule has 7 nitrogen and oxygen atoms in total. The number of nitrogens with zero attached hydrogens (tertiary/aromatic N) is 1. The van der Waals surface area contributed by atoms with E-state index < -0.39 is 6.10 Å². The quantitative estimate of drug-likeness (QED) is 0.768. The Morgan fingerprint density at radius 3 is 2.82 bits per heavy atom. The van der Waals surface area contributed by atoms with Gasteiger partial charge in [-0.1, -0.05) is 25.1 Å². The number of amides is 2. The summed E-state index contributed by atoms with van der Waals surface area (Å²) in [5, 5.41) is 5.73. The lowest BCUT2D eigenvalue weighted by Crippen LogP contribution is -2.50. The van der Waals surface area contributed by atoms with Gasteiger partial charge in [0.1, 0.15) is 11.5 Å². The van der Waals surface area contributed by atoms with E-state index in [0.717, 1.165) is 12.1 Å². The van der Waals surface area contributed by atoms with Crippen molar-refractivity contribution in [1.29, 1.82) is 0 Å². The molecule has 2 amide bonds. The summed E-state index contributed by atoms with van der Waals surface area (Å²) in [5.74, 6) is 0.911. The normalized spacial score (nSPS) is 15.2. The van der Waals surface area contributed by atoms with Crippen molar-refractivity contribution >= 4 is 23.2 Å². The Hall–Kier alpha value is -3.22. The van der Waals surface area contributed by atoms with Crippen LogP contribution < -0.4 is 25.0 Å². The minimum Gasteiger partial charge on any atom is -0.497 e. The van der Waals surface area contributed by atoms with Gasteiger partial charge in [-0.3, -0.25) is 9.59 Å². The summed E-state index contributed by atoms with van der Waals surface area (Å²) < 4.78 is 11.0. The standard InChI is InChI=1S/C21H25N3O4/c1-3-11-22-21(26)19-13-24(17-9-4-5-10-18(17)28-19)14-20(25)23-15-7-6-8-16(12-15)27-2/h4-10,12,19H,3,11,13-14H2,1-2H3,(H,22,26)(H,23,25). The highest BCUT2D eigenvalue weighted by molar-refractivity contribution is 5.95. The van der Waals surface area contributed by atoms with Crippen molar-refractivity contribution in [3.63, 3.8) is 0 Å². The third-order valence-corrected chi connectivity index (χ3v) is 4.39. The van der Waals surface area contributed by atoms with Crippen molar-refractivity contribution in [2.45, 2.75) is 19.4 Å². The molecule has 1 unspecified atom stereocenters. The van der Waals surface area contributed by atoms with Gasteiger partial charge in [0.15, 0.2) is 6.10 Å². The second kappa shape index (κ2) is 9.12. The maximum atomic E-state index is 12.6. The summed E-state index contributed by atoms with van der Waals surface area (Å²) >= 11 is 0. The fourth-order valence-corrected chi connectivity index (χ4v) is 3.03. The number of para-hydroxylation sites is 2. The molecule has 0 fully saturated rings. The Kier molecular flexibility index (Phi) is 6.37. The summed E-state index contributed by atoms with van der Waals surface area (Å²) in [7, 11) is 1.58. The van der Waals surface area contributed by atoms with Crippen molar-refractivity contribution in [3.8, 4) is 11.5 Å². The first-order valence-corrected chi connectivity index (χ1v) is 9.33. The molecule has 0 aliphatic carbocycles. The number of ether oxygens (including phenoxy) is 2. The zero-order valence-electron chi connectivity index (χ0n) is 16.1. The van der Waals surface area contributed by atoms with Crippen LogP contribution in [0.4, 0.5) is 11.4 Å². The lowest BCUT2D eigenvalue weighted by Gasteiger charge is -2.35. The highest BCUT2D eigenvalue weighted by Gasteiger charge is 2.31. The monoisotopic (exact) mass is 383 g/mol. The molecule has 1 aliphatic rings. The lowest BCUT2D eigenvalue weighted by molar-refractivity contribution is -0.128. The molecule has 28 heavy (non-hydrogen) atoms. The smallest absolute Gasteiger partial charge is 0.262 e. The van der Waals surface area contributed by atoms with E-state index in [1.54, 1.807) is 19.2 Å². The molecule has 1 atom stereocenters.